The number of benzene rings is 1. The third kappa shape index (κ3) is 1.99. The van der Waals surface area contributed by atoms with Gasteiger partial charge in [-0.2, -0.15) is 0 Å². The van der Waals surface area contributed by atoms with Gasteiger partial charge in [0.2, 0.25) is 0 Å². The Balaban J connectivity index is 1.97. The van der Waals surface area contributed by atoms with Gasteiger partial charge in [-0.25, -0.2) is 0 Å². The number of rotatable bonds is 2. The summed E-state index contributed by atoms with van der Waals surface area (Å²) in [5, 5.41) is 13.1. The van der Waals surface area contributed by atoms with Crippen LogP contribution < -0.4 is 0 Å². The van der Waals surface area contributed by atoms with E-state index >= 15 is 0 Å². The monoisotopic (exact) mass is 278 g/mol. The van der Waals surface area contributed by atoms with E-state index in [0.717, 1.165) is 22.4 Å². The molecule has 0 bridgehead atoms. The molecule has 1 aliphatic carbocycles. The Bertz CT molecular complexity index is 588. The van der Waals surface area contributed by atoms with Crippen LogP contribution in [0.2, 0.25) is 5.02 Å². The SMILES string of the molecule is Cc1csc(C(O)c2ccc3c(c2)CCC3)c1Cl. The number of hydrogen-bond donors (Lipinski definition) is 1. The van der Waals surface area contributed by atoms with Crippen LogP contribution in [0.25, 0.3) is 0 Å². The van der Waals surface area contributed by atoms with Crippen molar-refractivity contribution in [2.24, 2.45) is 0 Å². The minimum absolute atomic E-state index is 0.595. The fraction of sp³-hybridized carbons (Fsp3) is 0.333. The highest BCUT2D eigenvalue weighted by Crippen LogP contribution is 2.36. The van der Waals surface area contributed by atoms with Gasteiger partial charge in [0.05, 0.1) is 9.90 Å². The summed E-state index contributed by atoms with van der Waals surface area (Å²) >= 11 is 7.75. The fourth-order valence-corrected chi connectivity index (χ4v) is 3.85. The summed E-state index contributed by atoms with van der Waals surface area (Å²) in [6.45, 7) is 1.97. The van der Waals surface area contributed by atoms with Gasteiger partial charge >= 0.3 is 0 Å². The average molecular weight is 279 g/mol. The first kappa shape index (κ1) is 12.2. The van der Waals surface area contributed by atoms with Crippen LogP contribution in [-0.2, 0) is 12.8 Å². The molecule has 3 heteroatoms. The maximum absolute atomic E-state index is 10.4. The number of aliphatic hydroxyl groups is 1. The summed E-state index contributed by atoms with van der Waals surface area (Å²) in [6.07, 6.45) is 2.94. The Kier molecular flexibility index (Phi) is 3.18. The van der Waals surface area contributed by atoms with Gasteiger partial charge < -0.3 is 5.11 Å². The molecular weight excluding hydrogens is 264 g/mol. The first-order valence-corrected chi connectivity index (χ1v) is 7.46. The zero-order valence-electron chi connectivity index (χ0n) is 10.2. The van der Waals surface area contributed by atoms with Crippen LogP contribution >= 0.6 is 22.9 Å². The topological polar surface area (TPSA) is 20.2 Å². The number of fused-ring (bicyclic) bond motifs is 1. The van der Waals surface area contributed by atoms with E-state index in [1.807, 2.05) is 18.4 Å². The zero-order valence-corrected chi connectivity index (χ0v) is 11.8. The molecular formula is C15H15ClOS. The van der Waals surface area contributed by atoms with Crippen molar-refractivity contribution in [1.29, 1.82) is 0 Å². The molecule has 0 spiro atoms. The Labute approximate surface area is 116 Å². The van der Waals surface area contributed by atoms with Gasteiger partial charge in [-0.05, 0) is 53.8 Å². The van der Waals surface area contributed by atoms with Gasteiger partial charge in [0.25, 0.3) is 0 Å². The highest BCUT2D eigenvalue weighted by molar-refractivity contribution is 7.10. The second-order valence-corrected chi connectivity index (χ2v) is 6.17. The van der Waals surface area contributed by atoms with E-state index in [9.17, 15) is 5.11 Å². The molecule has 1 aliphatic rings. The number of hydrogen-bond acceptors (Lipinski definition) is 2. The molecule has 0 amide bonds. The lowest BCUT2D eigenvalue weighted by Crippen LogP contribution is -1.99. The lowest BCUT2D eigenvalue weighted by Gasteiger charge is -2.12. The van der Waals surface area contributed by atoms with E-state index < -0.39 is 6.10 Å². The Morgan fingerprint density at radius 3 is 2.78 bits per heavy atom. The lowest BCUT2D eigenvalue weighted by atomic mass is 10.0. The van der Waals surface area contributed by atoms with Crippen LogP contribution in [0.15, 0.2) is 23.6 Å². The molecule has 2 aromatic rings. The first-order chi connectivity index (χ1) is 8.66. The molecule has 1 aromatic carbocycles. The van der Waals surface area contributed by atoms with Gasteiger partial charge in [-0.15, -0.1) is 11.3 Å². The van der Waals surface area contributed by atoms with Crippen molar-refractivity contribution >= 4 is 22.9 Å². The average Bonchev–Trinajstić information content (AvgIpc) is 2.96. The minimum Gasteiger partial charge on any atom is -0.383 e. The van der Waals surface area contributed by atoms with Gasteiger partial charge in [-0.1, -0.05) is 29.8 Å². The predicted molar refractivity (Wildman–Crippen MR) is 76.6 cm³/mol. The van der Waals surface area contributed by atoms with Gasteiger partial charge in [0.1, 0.15) is 6.10 Å². The van der Waals surface area contributed by atoms with Crippen LogP contribution in [0.1, 0.15) is 39.7 Å². The summed E-state index contributed by atoms with van der Waals surface area (Å²) in [7, 11) is 0. The lowest BCUT2D eigenvalue weighted by molar-refractivity contribution is 0.224. The minimum atomic E-state index is -0.595. The Hall–Kier alpha value is -0.830. The second-order valence-electron chi connectivity index (χ2n) is 4.88. The highest BCUT2D eigenvalue weighted by atomic mass is 35.5. The molecule has 1 nitrogen and oxygen atoms in total. The first-order valence-electron chi connectivity index (χ1n) is 6.20. The van der Waals surface area contributed by atoms with Crippen LogP contribution in [0, 0.1) is 6.92 Å². The van der Waals surface area contributed by atoms with Gasteiger partial charge in [0, 0.05) is 0 Å². The molecule has 18 heavy (non-hydrogen) atoms. The second kappa shape index (κ2) is 4.69. The van der Waals surface area contributed by atoms with Gasteiger partial charge in [0.15, 0.2) is 0 Å². The molecule has 3 rings (SSSR count). The largest absolute Gasteiger partial charge is 0.383 e. The molecule has 0 fully saturated rings. The third-order valence-electron chi connectivity index (χ3n) is 3.61. The Morgan fingerprint density at radius 2 is 2.06 bits per heavy atom. The van der Waals surface area contributed by atoms with Crippen LogP contribution in [0.5, 0.6) is 0 Å². The van der Waals surface area contributed by atoms with E-state index in [2.05, 4.69) is 12.1 Å². The fourth-order valence-electron chi connectivity index (χ4n) is 2.55. The van der Waals surface area contributed by atoms with Crippen LogP contribution in [0.4, 0.5) is 0 Å². The van der Waals surface area contributed by atoms with E-state index in [1.165, 1.54) is 35.3 Å². The standard InChI is InChI=1S/C15H15ClOS/c1-9-8-18-15(13(9)16)14(17)12-6-5-10-3-2-4-11(10)7-12/h5-8,14,17H,2-4H2,1H3. The molecule has 1 N–H and O–H groups in total. The highest BCUT2D eigenvalue weighted by Gasteiger charge is 2.19. The number of halogens is 1. The molecule has 1 unspecified atom stereocenters. The summed E-state index contributed by atoms with van der Waals surface area (Å²) in [6, 6.07) is 6.31. The molecule has 0 aliphatic heterocycles. The maximum Gasteiger partial charge on any atom is 0.115 e. The molecule has 1 heterocycles. The van der Waals surface area contributed by atoms with E-state index in [1.54, 1.807) is 0 Å². The van der Waals surface area contributed by atoms with E-state index in [0.29, 0.717) is 5.02 Å². The maximum atomic E-state index is 10.4. The number of thiophene rings is 1. The normalized spacial score (nSPS) is 15.7. The smallest absolute Gasteiger partial charge is 0.115 e. The zero-order chi connectivity index (χ0) is 12.7. The molecule has 0 radical (unpaired) electrons. The van der Waals surface area contributed by atoms with Crippen molar-refractivity contribution < 1.29 is 5.11 Å². The predicted octanol–water partition coefficient (Wildman–Crippen LogP) is 4.28. The van der Waals surface area contributed by atoms with Crippen molar-refractivity contribution in [3.8, 4) is 0 Å². The number of aryl methyl sites for hydroxylation is 3. The molecule has 0 saturated carbocycles. The van der Waals surface area contributed by atoms with Crippen molar-refractivity contribution in [2.45, 2.75) is 32.3 Å². The summed E-state index contributed by atoms with van der Waals surface area (Å²) in [5.74, 6) is 0. The Morgan fingerprint density at radius 1 is 1.28 bits per heavy atom. The van der Waals surface area contributed by atoms with Gasteiger partial charge in [-0.3, -0.25) is 0 Å². The van der Waals surface area contributed by atoms with Crippen molar-refractivity contribution in [2.75, 3.05) is 0 Å². The van der Waals surface area contributed by atoms with Crippen molar-refractivity contribution in [3.05, 3.63) is 55.7 Å². The van der Waals surface area contributed by atoms with Crippen molar-refractivity contribution in [1.82, 2.24) is 0 Å². The van der Waals surface area contributed by atoms with E-state index in [4.69, 9.17) is 11.6 Å². The molecule has 1 atom stereocenters. The molecule has 94 valence electrons. The summed E-state index contributed by atoms with van der Waals surface area (Å²) in [4.78, 5) is 0.854. The summed E-state index contributed by atoms with van der Waals surface area (Å²) < 4.78 is 0. The van der Waals surface area contributed by atoms with Crippen LogP contribution in [-0.4, -0.2) is 5.11 Å². The summed E-state index contributed by atoms with van der Waals surface area (Å²) in [5.41, 5.74) is 4.81. The van der Waals surface area contributed by atoms with E-state index in [-0.39, 0.29) is 0 Å². The van der Waals surface area contributed by atoms with Crippen LogP contribution in [0.3, 0.4) is 0 Å². The quantitative estimate of drug-likeness (QED) is 0.869. The molecule has 1 aromatic heterocycles. The van der Waals surface area contributed by atoms with Crippen molar-refractivity contribution in [3.63, 3.8) is 0 Å². The molecule has 0 saturated heterocycles. The third-order valence-corrected chi connectivity index (χ3v) is 5.38. The number of aliphatic hydroxyl groups excluding tert-OH is 1.